The van der Waals surface area contributed by atoms with Gasteiger partial charge in [0.15, 0.2) is 18.2 Å². The van der Waals surface area contributed by atoms with E-state index in [0.717, 1.165) is 24.6 Å². The van der Waals surface area contributed by atoms with Crippen LogP contribution < -0.4 is 10.8 Å². The molecular weight excluding hydrogens is 536 g/mol. The van der Waals surface area contributed by atoms with Gasteiger partial charge in [-0.1, -0.05) is 10.3 Å². The van der Waals surface area contributed by atoms with E-state index in [0.29, 0.717) is 3.57 Å². The minimum absolute atomic E-state index is 0.197. The Morgan fingerprint density at radius 1 is 1.23 bits per heavy atom. The average molecular weight is 552 g/mol. The van der Waals surface area contributed by atoms with E-state index in [4.69, 9.17) is 15.2 Å². The zero-order valence-corrected chi connectivity index (χ0v) is 17.8. The summed E-state index contributed by atoms with van der Waals surface area (Å²) in [6, 6.07) is 4.92. The molecule has 2 rings (SSSR count). The predicted octanol–water partition coefficient (Wildman–Crippen LogP) is 2.92. The van der Waals surface area contributed by atoms with Crippen molar-refractivity contribution in [3.63, 3.8) is 0 Å². The first-order valence-corrected chi connectivity index (χ1v) is 9.55. The Hall–Kier alpha value is -2.91. The first kappa shape index (κ1) is 24.4. The van der Waals surface area contributed by atoms with Crippen LogP contribution in [-0.4, -0.2) is 48.5 Å². The highest BCUT2D eigenvalue weighted by atomic mass is 127. The van der Waals surface area contributed by atoms with Gasteiger partial charge in [0.05, 0.1) is 42.6 Å². The van der Waals surface area contributed by atoms with Gasteiger partial charge < -0.3 is 20.5 Å². The summed E-state index contributed by atoms with van der Waals surface area (Å²) < 4.78 is 44.1. The Balaban J connectivity index is 2.45. The Morgan fingerprint density at radius 3 is 2.68 bits per heavy atom. The number of nitrogens with one attached hydrogen (secondary N) is 2. The summed E-state index contributed by atoms with van der Waals surface area (Å²) in [4.78, 5) is 21.8. The SMILES string of the molecule is O=C(NOCCO)c1cc(C=NOCC=NO)c(F)c(F)c1Nc1ccc(I)cc1F. The van der Waals surface area contributed by atoms with Crippen LogP contribution in [0.2, 0.25) is 0 Å². The number of carbonyl (C=O) groups excluding carboxylic acids is 1. The van der Waals surface area contributed by atoms with E-state index in [-0.39, 0.29) is 18.9 Å². The van der Waals surface area contributed by atoms with Gasteiger partial charge in [-0.3, -0.25) is 9.63 Å². The maximum atomic E-state index is 14.8. The van der Waals surface area contributed by atoms with E-state index >= 15 is 0 Å². The van der Waals surface area contributed by atoms with Gasteiger partial charge in [-0.05, 0) is 46.9 Å². The van der Waals surface area contributed by atoms with Crippen molar-refractivity contribution >= 4 is 52.3 Å². The van der Waals surface area contributed by atoms with Gasteiger partial charge in [0.2, 0.25) is 0 Å². The van der Waals surface area contributed by atoms with Gasteiger partial charge >= 0.3 is 0 Å². The normalized spacial score (nSPS) is 11.3. The Kier molecular flexibility index (Phi) is 9.48. The number of hydrogen-bond donors (Lipinski definition) is 4. The van der Waals surface area contributed by atoms with E-state index in [9.17, 15) is 18.0 Å². The molecule has 0 aliphatic heterocycles. The van der Waals surface area contributed by atoms with Crippen molar-refractivity contribution in [3.05, 3.63) is 56.4 Å². The highest BCUT2D eigenvalue weighted by molar-refractivity contribution is 14.1. The molecule has 31 heavy (non-hydrogen) atoms. The first-order chi connectivity index (χ1) is 14.9. The molecule has 13 heteroatoms. The summed E-state index contributed by atoms with van der Waals surface area (Å²) in [5, 5.41) is 25.4. The Morgan fingerprint density at radius 2 is 2.00 bits per heavy atom. The summed E-state index contributed by atoms with van der Waals surface area (Å²) in [7, 11) is 0. The molecule has 2 aromatic rings. The zero-order chi connectivity index (χ0) is 22.8. The molecule has 0 radical (unpaired) electrons. The molecule has 0 aliphatic rings. The van der Waals surface area contributed by atoms with Crippen molar-refractivity contribution in [1.29, 1.82) is 0 Å². The molecule has 0 unspecified atom stereocenters. The minimum atomic E-state index is -1.48. The lowest BCUT2D eigenvalue weighted by atomic mass is 10.1. The molecule has 0 fully saturated rings. The van der Waals surface area contributed by atoms with Crippen molar-refractivity contribution < 1.29 is 38.0 Å². The van der Waals surface area contributed by atoms with Crippen molar-refractivity contribution in [2.75, 3.05) is 25.1 Å². The van der Waals surface area contributed by atoms with E-state index in [1.54, 1.807) is 0 Å². The molecule has 2 aromatic carbocycles. The molecule has 9 nitrogen and oxygen atoms in total. The number of halogens is 4. The Bertz CT molecular complexity index is 991. The number of hydrogen-bond acceptors (Lipinski definition) is 8. The molecule has 0 saturated heterocycles. The van der Waals surface area contributed by atoms with Crippen molar-refractivity contribution in [2.24, 2.45) is 10.3 Å². The fourth-order valence-electron chi connectivity index (χ4n) is 2.19. The second-order valence-corrected chi connectivity index (χ2v) is 6.84. The predicted molar refractivity (Wildman–Crippen MR) is 113 cm³/mol. The summed E-state index contributed by atoms with van der Waals surface area (Å²) in [6.07, 6.45) is 1.75. The number of aliphatic hydroxyl groups is 1. The molecule has 166 valence electrons. The molecule has 0 saturated carbocycles. The van der Waals surface area contributed by atoms with Gasteiger partial charge in [-0.2, -0.15) is 0 Å². The summed E-state index contributed by atoms with van der Waals surface area (Å²) in [5.41, 5.74) is 0.226. The van der Waals surface area contributed by atoms with Gasteiger partial charge in [0.25, 0.3) is 5.91 Å². The van der Waals surface area contributed by atoms with Crippen LogP contribution in [0.5, 0.6) is 0 Å². The minimum Gasteiger partial charge on any atom is -0.411 e. The second kappa shape index (κ2) is 12.1. The molecule has 4 N–H and O–H groups in total. The first-order valence-electron chi connectivity index (χ1n) is 8.47. The molecule has 0 atom stereocenters. The number of oxime groups is 2. The highest BCUT2D eigenvalue weighted by Crippen LogP contribution is 2.30. The molecule has 0 aliphatic carbocycles. The number of rotatable bonds is 10. The lowest BCUT2D eigenvalue weighted by Crippen LogP contribution is -2.26. The van der Waals surface area contributed by atoms with Crippen LogP contribution in [0.25, 0.3) is 0 Å². The van der Waals surface area contributed by atoms with E-state index in [1.165, 1.54) is 12.1 Å². The molecular formula is C18H16F3IN4O5. The monoisotopic (exact) mass is 552 g/mol. The third-order valence-corrected chi connectivity index (χ3v) is 4.20. The van der Waals surface area contributed by atoms with Gasteiger partial charge in [0.1, 0.15) is 5.82 Å². The fourth-order valence-corrected chi connectivity index (χ4v) is 2.64. The average Bonchev–Trinajstić information content (AvgIpc) is 2.74. The number of nitrogens with zero attached hydrogens (tertiary/aromatic N) is 2. The van der Waals surface area contributed by atoms with E-state index in [2.05, 4.69) is 20.5 Å². The molecule has 0 spiro atoms. The van der Waals surface area contributed by atoms with Crippen molar-refractivity contribution in [3.8, 4) is 0 Å². The Labute approximate surface area is 187 Å². The molecule has 1 amide bonds. The lowest BCUT2D eigenvalue weighted by molar-refractivity contribution is 0.0168. The summed E-state index contributed by atoms with van der Waals surface area (Å²) in [5.74, 6) is -4.61. The lowest BCUT2D eigenvalue weighted by Gasteiger charge is -2.15. The van der Waals surface area contributed by atoms with Crippen LogP contribution in [0.15, 0.2) is 34.6 Å². The van der Waals surface area contributed by atoms with E-state index in [1.807, 2.05) is 28.1 Å². The smallest absolute Gasteiger partial charge is 0.277 e. The summed E-state index contributed by atoms with van der Waals surface area (Å²) >= 11 is 1.88. The molecule has 0 bridgehead atoms. The van der Waals surface area contributed by atoms with Crippen LogP contribution in [-0.2, 0) is 9.68 Å². The summed E-state index contributed by atoms with van der Waals surface area (Å²) in [6.45, 7) is -0.896. The fraction of sp³-hybridized carbons (Fsp3) is 0.167. The van der Waals surface area contributed by atoms with Gasteiger partial charge in [-0.15, -0.1) is 0 Å². The number of hydroxylamine groups is 1. The van der Waals surface area contributed by atoms with Gasteiger partial charge in [-0.25, -0.2) is 18.7 Å². The second-order valence-electron chi connectivity index (χ2n) is 5.60. The molecule has 0 heterocycles. The number of aliphatic hydroxyl groups excluding tert-OH is 1. The number of amides is 1. The van der Waals surface area contributed by atoms with Crippen LogP contribution >= 0.6 is 22.6 Å². The van der Waals surface area contributed by atoms with E-state index < -0.39 is 46.8 Å². The van der Waals surface area contributed by atoms with Crippen molar-refractivity contribution in [1.82, 2.24) is 5.48 Å². The van der Waals surface area contributed by atoms with Crippen LogP contribution in [0.4, 0.5) is 24.5 Å². The standard InChI is InChI=1S/C18H16F3IN4O5/c19-13-8-11(22)1-2-14(13)25-17-12(18(28)26-31-6-4-27)7-10(15(20)16(17)21)9-24-30-5-3-23-29/h1-3,7-9,25,27,29H,4-6H2,(H,26,28). The van der Waals surface area contributed by atoms with Crippen molar-refractivity contribution in [2.45, 2.75) is 0 Å². The number of benzene rings is 2. The topological polar surface area (TPSA) is 125 Å². The van der Waals surface area contributed by atoms with Crippen LogP contribution in [0.3, 0.4) is 0 Å². The maximum Gasteiger partial charge on any atom is 0.277 e. The van der Waals surface area contributed by atoms with Crippen LogP contribution in [0, 0.1) is 21.0 Å². The maximum absolute atomic E-state index is 14.8. The highest BCUT2D eigenvalue weighted by Gasteiger charge is 2.23. The van der Waals surface area contributed by atoms with Gasteiger partial charge in [0, 0.05) is 9.13 Å². The quantitative estimate of drug-likeness (QED) is 0.118. The zero-order valence-electron chi connectivity index (χ0n) is 15.6. The third kappa shape index (κ3) is 6.80. The third-order valence-electron chi connectivity index (χ3n) is 3.53. The number of anilines is 2. The molecule has 0 aromatic heterocycles. The van der Waals surface area contributed by atoms with Crippen LogP contribution in [0.1, 0.15) is 15.9 Å². The number of carbonyl (C=O) groups is 1. The largest absolute Gasteiger partial charge is 0.411 e.